The number of nitrogens with one attached hydrogen (secondary N) is 2. The Morgan fingerprint density at radius 1 is 1.08 bits per heavy atom. The number of piperidine rings is 1. The third-order valence-electron chi connectivity index (χ3n) is 6.96. The summed E-state index contributed by atoms with van der Waals surface area (Å²) in [7, 11) is -0.996. The SMILES string of the molecule is COCCN1CCC(n2ncc(Nc3ncc(Cl)c(Nc4ccc5nccnc5c4P(C)(C)=O)n3)c2C)CC1. The predicted molar refractivity (Wildman–Crippen MR) is 156 cm³/mol. The van der Waals surface area contributed by atoms with Crippen molar-refractivity contribution >= 4 is 58.2 Å². The zero-order chi connectivity index (χ0) is 27.6. The molecule has 1 aliphatic heterocycles. The summed E-state index contributed by atoms with van der Waals surface area (Å²) in [6.07, 6.45) is 8.63. The molecule has 4 heterocycles. The first-order valence-electron chi connectivity index (χ1n) is 12.9. The lowest BCUT2D eigenvalue weighted by Crippen LogP contribution is -2.37. The molecule has 0 amide bonds. The van der Waals surface area contributed by atoms with E-state index in [4.69, 9.17) is 16.3 Å². The molecular formula is C26H33ClN9O2P. The van der Waals surface area contributed by atoms with Gasteiger partial charge in [-0.2, -0.15) is 10.1 Å². The molecule has 0 spiro atoms. The van der Waals surface area contributed by atoms with Gasteiger partial charge < -0.3 is 24.8 Å². The average molecular weight is 570 g/mol. The molecule has 13 heteroatoms. The smallest absolute Gasteiger partial charge is 0.229 e. The summed E-state index contributed by atoms with van der Waals surface area (Å²) >= 11 is 6.47. The lowest BCUT2D eigenvalue weighted by atomic mass is 10.1. The molecule has 2 N–H and O–H groups in total. The van der Waals surface area contributed by atoms with Gasteiger partial charge in [0.25, 0.3) is 0 Å². The van der Waals surface area contributed by atoms with Gasteiger partial charge in [0.2, 0.25) is 5.95 Å². The van der Waals surface area contributed by atoms with Gasteiger partial charge in [0, 0.05) is 39.1 Å². The summed E-state index contributed by atoms with van der Waals surface area (Å²) < 4.78 is 20.6. The molecular weight excluding hydrogens is 537 g/mol. The Morgan fingerprint density at radius 3 is 2.59 bits per heavy atom. The Labute approximate surface area is 232 Å². The van der Waals surface area contributed by atoms with E-state index in [0.29, 0.717) is 44.9 Å². The first-order valence-corrected chi connectivity index (χ1v) is 15.8. The second-order valence-corrected chi connectivity index (χ2v) is 13.6. The number of methoxy groups -OCH3 is 1. The lowest BCUT2D eigenvalue weighted by Gasteiger charge is -2.32. The van der Waals surface area contributed by atoms with E-state index in [1.54, 1.807) is 32.8 Å². The maximum Gasteiger partial charge on any atom is 0.229 e. The number of likely N-dealkylation sites (tertiary alicyclic amines) is 1. The normalized spacial score (nSPS) is 15.1. The van der Waals surface area contributed by atoms with E-state index in [9.17, 15) is 4.57 Å². The summed E-state index contributed by atoms with van der Waals surface area (Å²) in [5.41, 5.74) is 3.73. The van der Waals surface area contributed by atoms with Crippen LogP contribution in [0.15, 0.2) is 36.9 Å². The minimum Gasteiger partial charge on any atom is -0.383 e. The maximum absolute atomic E-state index is 13.3. The Hall–Kier alpha value is -3.11. The number of hydrogen-bond acceptors (Lipinski definition) is 10. The molecule has 206 valence electrons. The van der Waals surface area contributed by atoms with Crippen molar-refractivity contribution in [3.05, 3.63) is 47.6 Å². The molecule has 1 aromatic carbocycles. The fourth-order valence-corrected chi connectivity index (χ4v) is 6.48. The number of anilines is 4. The van der Waals surface area contributed by atoms with Gasteiger partial charge in [-0.05, 0) is 45.2 Å². The largest absolute Gasteiger partial charge is 0.383 e. The molecule has 0 unspecified atom stereocenters. The monoisotopic (exact) mass is 569 g/mol. The molecule has 11 nitrogen and oxygen atoms in total. The fraction of sp³-hybridized carbons (Fsp3) is 0.423. The zero-order valence-electron chi connectivity index (χ0n) is 22.6. The second kappa shape index (κ2) is 11.6. The van der Waals surface area contributed by atoms with Gasteiger partial charge in [0.15, 0.2) is 5.82 Å². The molecule has 4 aromatic rings. The molecule has 0 radical (unpaired) electrons. The Kier molecular flexibility index (Phi) is 8.13. The average Bonchev–Trinajstić information content (AvgIpc) is 3.28. The van der Waals surface area contributed by atoms with Crippen LogP contribution < -0.4 is 15.9 Å². The van der Waals surface area contributed by atoms with Crippen molar-refractivity contribution in [3.63, 3.8) is 0 Å². The van der Waals surface area contributed by atoms with Gasteiger partial charge >= 0.3 is 0 Å². The molecule has 1 saturated heterocycles. The van der Waals surface area contributed by atoms with Crippen molar-refractivity contribution in [1.29, 1.82) is 0 Å². The van der Waals surface area contributed by atoms with E-state index < -0.39 is 7.14 Å². The van der Waals surface area contributed by atoms with Crippen LogP contribution in [0.2, 0.25) is 5.02 Å². The van der Waals surface area contributed by atoms with Crippen LogP contribution in [0, 0.1) is 6.92 Å². The van der Waals surface area contributed by atoms with Gasteiger partial charge in [-0.15, -0.1) is 0 Å². The van der Waals surface area contributed by atoms with Crippen molar-refractivity contribution < 1.29 is 9.30 Å². The van der Waals surface area contributed by atoms with Crippen LogP contribution in [0.25, 0.3) is 11.0 Å². The van der Waals surface area contributed by atoms with Crippen LogP contribution >= 0.6 is 18.7 Å². The minimum atomic E-state index is -2.73. The summed E-state index contributed by atoms with van der Waals surface area (Å²) in [6, 6.07) is 4.00. The Bertz CT molecular complexity index is 1510. The van der Waals surface area contributed by atoms with Crippen LogP contribution in [0.1, 0.15) is 24.6 Å². The van der Waals surface area contributed by atoms with Crippen molar-refractivity contribution in [2.45, 2.75) is 25.8 Å². The number of rotatable bonds is 9. The zero-order valence-corrected chi connectivity index (χ0v) is 24.2. The summed E-state index contributed by atoms with van der Waals surface area (Å²) in [6.45, 7) is 9.22. The van der Waals surface area contributed by atoms with Crippen molar-refractivity contribution in [3.8, 4) is 0 Å². The first kappa shape index (κ1) is 27.5. The van der Waals surface area contributed by atoms with Crippen LogP contribution in [0.3, 0.4) is 0 Å². The fourth-order valence-electron chi connectivity index (χ4n) is 4.95. The highest BCUT2D eigenvalue weighted by atomic mass is 35.5. The number of benzene rings is 1. The first-order chi connectivity index (χ1) is 18.7. The highest BCUT2D eigenvalue weighted by Crippen LogP contribution is 2.41. The number of fused-ring (bicyclic) bond motifs is 1. The standard InChI is InChI=1S/C26H33ClN9O2P/c1-17-22(16-31-36(17)18-7-11-35(12-8-18)13-14-38-2)33-26-30-15-19(27)25(34-26)32-21-6-5-20-23(29-10-9-28-20)24(21)39(3,4)37/h5-6,9-10,15-16,18H,7-8,11-14H2,1-4H3,(H2,30,32,33,34). The number of ether oxygens (including phenoxy) is 1. The van der Waals surface area contributed by atoms with Gasteiger partial charge in [-0.25, -0.2) is 4.98 Å². The van der Waals surface area contributed by atoms with Crippen LogP contribution in [-0.2, 0) is 9.30 Å². The lowest BCUT2D eigenvalue weighted by molar-refractivity contribution is 0.119. The number of nitrogens with zero attached hydrogens (tertiary/aromatic N) is 7. The van der Waals surface area contributed by atoms with E-state index in [1.165, 1.54) is 6.20 Å². The summed E-state index contributed by atoms with van der Waals surface area (Å²) in [5, 5.41) is 12.1. The van der Waals surface area contributed by atoms with Crippen molar-refractivity contribution in [1.82, 2.24) is 34.6 Å². The topological polar surface area (TPSA) is 123 Å². The van der Waals surface area contributed by atoms with Gasteiger partial charge in [-0.3, -0.25) is 14.6 Å². The van der Waals surface area contributed by atoms with E-state index in [2.05, 4.69) is 45.2 Å². The van der Waals surface area contributed by atoms with E-state index in [1.807, 2.05) is 25.3 Å². The van der Waals surface area contributed by atoms with Crippen LogP contribution in [0.4, 0.5) is 23.1 Å². The molecule has 5 rings (SSSR count). The Balaban J connectivity index is 1.35. The second-order valence-electron chi connectivity index (χ2n) is 10.0. The highest BCUT2D eigenvalue weighted by Gasteiger charge is 2.24. The van der Waals surface area contributed by atoms with Crippen molar-refractivity contribution in [2.75, 3.05) is 57.3 Å². The predicted octanol–water partition coefficient (Wildman–Crippen LogP) is 4.60. The minimum absolute atomic E-state index is 0.334. The molecule has 0 bridgehead atoms. The molecule has 0 saturated carbocycles. The number of hydrogen-bond donors (Lipinski definition) is 2. The third-order valence-corrected chi connectivity index (χ3v) is 8.76. The molecule has 0 aliphatic carbocycles. The van der Waals surface area contributed by atoms with Crippen LogP contribution in [-0.4, -0.2) is 81.3 Å². The van der Waals surface area contributed by atoms with Gasteiger partial charge in [0.05, 0.1) is 52.9 Å². The van der Waals surface area contributed by atoms with E-state index in [-0.39, 0.29) is 0 Å². The number of aromatic nitrogens is 6. The van der Waals surface area contributed by atoms with Crippen molar-refractivity contribution in [2.24, 2.45) is 0 Å². The summed E-state index contributed by atoms with van der Waals surface area (Å²) in [4.78, 5) is 20.2. The maximum atomic E-state index is 13.3. The summed E-state index contributed by atoms with van der Waals surface area (Å²) in [5.74, 6) is 0.762. The molecule has 0 atom stereocenters. The van der Waals surface area contributed by atoms with Crippen LogP contribution in [0.5, 0.6) is 0 Å². The van der Waals surface area contributed by atoms with E-state index >= 15 is 0 Å². The molecule has 1 aliphatic rings. The van der Waals surface area contributed by atoms with Gasteiger partial charge in [0.1, 0.15) is 17.7 Å². The Morgan fingerprint density at radius 2 is 1.85 bits per heavy atom. The number of halogens is 1. The van der Waals surface area contributed by atoms with E-state index in [0.717, 1.165) is 50.5 Å². The highest BCUT2D eigenvalue weighted by molar-refractivity contribution is 7.71. The van der Waals surface area contributed by atoms with Gasteiger partial charge in [-0.1, -0.05) is 11.6 Å². The molecule has 3 aromatic heterocycles. The quantitative estimate of drug-likeness (QED) is 0.276. The molecule has 39 heavy (non-hydrogen) atoms. The third kappa shape index (κ3) is 6.06. The molecule has 1 fully saturated rings.